The molecular formula is C26H19N4OP. The van der Waals surface area contributed by atoms with E-state index in [4.69, 9.17) is 0 Å². The van der Waals surface area contributed by atoms with E-state index in [2.05, 4.69) is 19.9 Å². The molecule has 2 aromatic heterocycles. The van der Waals surface area contributed by atoms with Crippen LogP contribution in [0.25, 0.3) is 22.8 Å². The molecule has 0 aliphatic carbocycles. The third kappa shape index (κ3) is 3.75. The standard InChI is InChI=1S/C26H19N4OP/c31-32(22-8-3-1-4-9-22,23-10-5-2-6-11-23)24-14-12-20(13-15-24)21-18-29-26(30-19-21)25-27-16-7-17-28-25/h1-19H. The van der Waals surface area contributed by atoms with Crippen molar-refractivity contribution >= 4 is 23.1 Å². The molecule has 0 aliphatic heterocycles. The molecule has 0 N–H and O–H groups in total. The Bertz CT molecular complexity index is 1320. The molecule has 0 radical (unpaired) electrons. The zero-order valence-corrected chi connectivity index (χ0v) is 18.0. The molecule has 6 heteroatoms. The van der Waals surface area contributed by atoms with Gasteiger partial charge in [-0.15, -0.1) is 0 Å². The highest BCUT2D eigenvalue weighted by Gasteiger charge is 2.29. The van der Waals surface area contributed by atoms with Crippen LogP contribution in [-0.4, -0.2) is 19.9 Å². The van der Waals surface area contributed by atoms with Gasteiger partial charge < -0.3 is 4.57 Å². The van der Waals surface area contributed by atoms with Crippen LogP contribution in [-0.2, 0) is 4.57 Å². The zero-order chi connectivity index (χ0) is 21.8. The Morgan fingerprint density at radius 3 is 1.47 bits per heavy atom. The summed E-state index contributed by atoms with van der Waals surface area (Å²) in [6, 6.07) is 28.8. The van der Waals surface area contributed by atoms with Crippen LogP contribution in [0.5, 0.6) is 0 Å². The van der Waals surface area contributed by atoms with E-state index < -0.39 is 7.14 Å². The molecule has 0 saturated heterocycles. The fourth-order valence-corrected chi connectivity index (χ4v) is 6.24. The molecule has 0 saturated carbocycles. The average molecular weight is 434 g/mol. The van der Waals surface area contributed by atoms with E-state index in [0.29, 0.717) is 11.6 Å². The Labute approximate surface area is 186 Å². The van der Waals surface area contributed by atoms with Crippen molar-refractivity contribution in [3.05, 3.63) is 116 Å². The SMILES string of the molecule is O=P(c1ccccc1)(c1ccccc1)c1ccc(-c2cnc(-c3ncccn3)nc2)cc1. The van der Waals surface area contributed by atoms with Gasteiger partial charge in [0.2, 0.25) is 0 Å². The number of nitrogens with zero attached hydrogens (tertiary/aromatic N) is 4. The molecule has 5 nitrogen and oxygen atoms in total. The molecule has 0 fully saturated rings. The minimum Gasteiger partial charge on any atom is -0.309 e. The van der Waals surface area contributed by atoms with E-state index in [0.717, 1.165) is 27.0 Å². The Kier molecular flexibility index (Phi) is 5.40. The van der Waals surface area contributed by atoms with Crippen LogP contribution in [0.4, 0.5) is 0 Å². The van der Waals surface area contributed by atoms with Gasteiger partial charge in [-0.3, -0.25) is 0 Å². The number of aromatic nitrogens is 4. The lowest BCUT2D eigenvalue weighted by molar-refractivity contribution is 0.592. The third-order valence-corrected chi connectivity index (χ3v) is 8.30. The van der Waals surface area contributed by atoms with Crippen LogP contribution in [0.15, 0.2) is 116 Å². The second-order valence-corrected chi connectivity index (χ2v) is 9.96. The predicted octanol–water partition coefficient (Wildman–Crippen LogP) is 4.24. The van der Waals surface area contributed by atoms with E-state index >= 15 is 0 Å². The molecule has 0 spiro atoms. The van der Waals surface area contributed by atoms with Gasteiger partial charge in [0.15, 0.2) is 18.8 Å². The summed E-state index contributed by atoms with van der Waals surface area (Å²) < 4.78 is 14.4. The zero-order valence-electron chi connectivity index (χ0n) is 17.1. The van der Waals surface area contributed by atoms with Gasteiger partial charge in [0, 0.05) is 46.3 Å². The Morgan fingerprint density at radius 2 is 0.938 bits per heavy atom. The van der Waals surface area contributed by atoms with E-state index in [1.54, 1.807) is 30.9 Å². The summed E-state index contributed by atoms with van der Waals surface area (Å²) in [5, 5.41) is 2.41. The number of rotatable bonds is 5. The molecule has 5 aromatic rings. The monoisotopic (exact) mass is 434 g/mol. The van der Waals surface area contributed by atoms with Gasteiger partial charge in [-0.05, 0) is 11.6 Å². The van der Waals surface area contributed by atoms with Crippen LogP contribution < -0.4 is 15.9 Å². The molecule has 0 aliphatic rings. The van der Waals surface area contributed by atoms with Crippen molar-refractivity contribution in [1.29, 1.82) is 0 Å². The van der Waals surface area contributed by atoms with Gasteiger partial charge in [0.1, 0.15) is 0 Å². The normalized spacial score (nSPS) is 11.2. The Morgan fingerprint density at radius 1 is 0.469 bits per heavy atom. The van der Waals surface area contributed by atoms with Gasteiger partial charge in [0.25, 0.3) is 0 Å². The fourth-order valence-electron chi connectivity index (χ4n) is 3.59. The Hall–Kier alpha value is -3.95. The number of hydrogen-bond donors (Lipinski definition) is 0. The largest absolute Gasteiger partial charge is 0.309 e. The molecule has 3 aromatic carbocycles. The lowest BCUT2D eigenvalue weighted by Crippen LogP contribution is -2.24. The molecule has 154 valence electrons. The van der Waals surface area contributed by atoms with Crippen molar-refractivity contribution in [2.24, 2.45) is 0 Å². The quantitative estimate of drug-likeness (QED) is 0.387. The molecule has 0 unspecified atom stereocenters. The molecule has 32 heavy (non-hydrogen) atoms. The van der Waals surface area contributed by atoms with E-state index in [1.165, 1.54) is 0 Å². The predicted molar refractivity (Wildman–Crippen MR) is 128 cm³/mol. The first-order valence-corrected chi connectivity index (χ1v) is 11.9. The fraction of sp³-hybridized carbons (Fsp3) is 0. The highest BCUT2D eigenvalue weighted by molar-refractivity contribution is 7.85. The van der Waals surface area contributed by atoms with Gasteiger partial charge in [-0.2, -0.15) is 0 Å². The highest BCUT2D eigenvalue weighted by Crippen LogP contribution is 2.42. The lowest BCUT2D eigenvalue weighted by atomic mass is 10.1. The second kappa shape index (κ2) is 8.66. The van der Waals surface area contributed by atoms with Gasteiger partial charge in [0.05, 0.1) is 0 Å². The summed E-state index contributed by atoms with van der Waals surface area (Å²) in [6.07, 6.45) is 6.83. The van der Waals surface area contributed by atoms with Crippen molar-refractivity contribution in [3.8, 4) is 22.8 Å². The van der Waals surface area contributed by atoms with Crippen molar-refractivity contribution in [3.63, 3.8) is 0 Å². The van der Waals surface area contributed by atoms with Gasteiger partial charge in [-0.1, -0.05) is 84.9 Å². The second-order valence-electron chi connectivity index (χ2n) is 7.19. The summed E-state index contributed by atoms with van der Waals surface area (Å²) >= 11 is 0. The molecule has 0 amide bonds. The Balaban J connectivity index is 1.51. The van der Waals surface area contributed by atoms with Crippen molar-refractivity contribution in [2.75, 3.05) is 0 Å². The number of benzene rings is 3. The summed E-state index contributed by atoms with van der Waals surface area (Å²) in [6.45, 7) is 0. The van der Waals surface area contributed by atoms with Crippen molar-refractivity contribution in [1.82, 2.24) is 19.9 Å². The maximum atomic E-state index is 14.4. The van der Waals surface area contributed by atoms with E-state index in [9.17, 15) is 4.57 Å². The first kappa shape index (κ1) is 20.0. The van der Waals surface area contributed by atoms with Crippen LogP contribution >= 0.6 is 7.14 Å². The van der Waals surface area contributed by atoms with Crippen LogP contribution in [0, 0.1) is 0 Å². The summed E-state index contributed by atoms with van der Waals surface area (Å²) in [7, 11) is -2.98. The first-order chi connectivity index (χ1) is 15.7. The molecule has 0 bridgehead atoms. The minimum absolute atomic E-state index is 0.476. The average Bonchev–Trinajstić information content (AvgIpc) is 2.90. The molecule has 5 rings (SSSR count). The highest BCUT2D eigenvalue weighted by atomic mass is 31.2. The van der Waals surface area contributed by atoms with Crippen LogP contribution in [0.1, 0.15) is 0 Å². The van der Waals surface area contributed by atoms with Gasteiger partial charge in [-0.25, -0.2) is 19.9 Å². The van der Waals surface area contributed by atoms with E-state index in [-0.39, 0.29) is 0 Å². The van der Waals surface area contributed by atoms with Crippen LogP contribution in [0.2, 0.25) is 0 Å². The first-order valence-electron chi connectivity index (χ1n) is 10.2. The summed E-state index contributed by atoms with van der Waals surface area (Å²) in [5.41, 5.74) is 1.81. The smallest absolute Gasteiger partial charge is 0.197 e. The maximum Gasteiger partial charge on any atom is 0.197 e. The molecule has 0 atom stereocenters. The van der Waals surface area contributed by atoms with Gasteiger partial charge >= 0.3 is 0 Å². The van der Waals surface area contributed by atoms with E-state index in [1.807, 2.05) is 84.9 Å². The lowest BCUT2D eigenvalue weighted by Gasteiger charge is -2.20. The topological polar surface area (TPSA) is 68.6 Å². The summed E-state index contributed by atoms with van der Waals surface area (Å²) in [4.78, 5) is 17.2. The molecule has 2 heterocycles. The van der Waals surface area contributed by atoms with Crippen LogP contribution in [0.3, 0.4) is 0 Å². The van der Waals surface area contributed by atoms with Crippen molar-refractivity contribution < 1.29 is 4.57 Å². The maximum absolute atomic E-state index is 14.4. The number of hydrogen-bond acceptors (Lipinski definition) is 5. The molecular weight excluding hydrogens is 415 g/mol. The summed E-state index contributed by atoms with van der Waals surface area (Å²) in [5.74, 6) is 0.963. The third-order valence-electron chi connectivity index (χ3n) is 5.22. The van der Waals surface area contributed by atoms with Crippen molar-refractivity contribution in [2.45, 2.75) is 0 Å². The minimum atomic E-state index is -2.98.